The molecule has 1 saturated heterocycles. The number of nitrogens with zero attached hydrogens (tertiary/aromatic N) is 1. The molecule has 0 saturated carbocycles. The Labute approximate surface area is 122 Å². The van der Waals surface area contributed by atoms with E-state index in [1.54, 1.807) is 13.1 Å². The Bertz CT molecular complexity index is 816. The summed E-state index contributed by atoms with van der Waals surface area (Å²) in [6.45, 7) is 2.16. The highest BCUT2D eigenvalue weighted by molar-refractivity contribution is 7.89. The number of oxazole rings is 1. The second-order valence-electron chi connectivity index (χ2n) is 5.27. The normalized spacial score (nSPS) is 19.4. The molecule has 7 nitrogen and oxygen atoms in total. The molecule has 0 radical (unpaired) electrons. The van der Waals surface area contributed by atoms with Crippen LogP contribution in [0.4, 0.5) is 0 Å². The lowest BCUT2D eigenvalue weighted by Crippen LogP contribution is -2.30. The van der Waals surface area contributed by atoms with Crippen molar-refractivity contribution in [2.75, 3.05) is 19.6 Å². The monoisotopic (exact) mass is 311 g/mol. The molecule has 1 unspecified atom stereocenters. The number of benzene rings is 1. The summed E-state index contributed by atoms with van der Waals surface area (Å²) in [5.74, 6) is -0.192. The fourth-order valence-electron chi connectivity index (χ4n) is 2.48. The minimum atomic E-state index is -3.59. The van der Waals surface area contributed by atoms with Crippen LogP contribution in [-0.2, 0) is 17.1 Å². The Morgan fingerprint density at radius 1 is 1.48 bits per heavy atom. The van der Waals surface area contributed by atoms with E-state index < -0.39 is 15.8 Å². The van der Waals surface area contributed by atoms with Gasteiger partial charge in [0.05, 0.1) is 10.4 Å². The van der Waals surface area contributed by atoms with Crippen molar-refractivity contribution in [3.05, 3.63) is 28.7 Å². The van der Waals surface area contributed by atoms with Crippen molar-refractivity contribution in [3.63, 3.8) is 0 Å². The summed E-state index contributed by atoms with van der Waals surface area (Å²) in [7, 11) is -2.01. The van der Waals surface area contributed by atoms with E-state index in [-0.39, 0.29) is 10.5 Å². The Balaban J connectivity index is 1.85. The molecule has 3 rings (SSSR count). The molecule has 0 aliphatic carbocycles. The summed E-state index contributed by atoms with van der Waals surface area (Å²) in [6, 6.07) is 4.43. The van der Waals surface area contributed by atoms with Crippen LogP contribution in [0.5, 0.6) is 0 Å². The SMILES string of the molecule is Cn1c(=O)oc2cc(S(=O)(=O)NCC3CCNC3)ccc21. The fraction of sp³-hybridized carbons (Fsp3) is 0.462. The fourth-order valence-corrected chi connectivity index (χ4v) is 3.61. The first-order valence-corrected chi connectivity index (χ1v) is 8.25. The second-order valence-corrected chi connectivity index (χ2v) is 7.03. The molecule has 2 heterocycles. The van der Waals surface area contributed by atoms with E-state index in [1.165, 1.54) is 16.7 Å². The summed E-state index contributed by atoms with van der Waals surface area (Å²) >= 11 is 0. The molecule has 1 aromatic heterocycles. The van der Waals surface area contributed by atoms with Gasteiger partial charge in [0.25, 0.3) is 0 Å². The highest BCUT2D eigenvalue weighted by Crippen LogP contribution is 2.18. The van der Waals surface area contributed by atoms with Crippen LogP contribution in [0.1, 0.15) is 6.42 Å². The molecule has 21 heavy (non-hydrogen) atoms. The van der Waals surface area contributed by atoms with Gasteiger partial charge in [-0.3, -0.25) is 4.57 Å². The molecule has 0 spiro atoms. The van der Waals surface area contributed by atoms with Gasteiger partial charge >= 0.3 is 5.76 Å². The lowest BCUT2D eigenvalue weighted by Gasteiger charge is -2.10. The lowest BCUT2D eigenvalue weighted by atomic mass is 10.1. The van der Waals surface area contributed by atoms with Gasteiger partial charge in [-0.1, -0.05) is 0 Å². The maximum atomic E-state index is 12.3. The van der Waals surface area contributed by atoms with Gasteiger partial charge in [-0.15, -0.1) is 0 Å². The maximum Gasteiger partial charge on any atom is 0.419 e. The van der Waals surface area contributed by atoms with E-state index in [0.717, 1.165) is 19.5 Å². The average Bonchev–Trinajstić information content (AvgIpc) is 3.06. The van der Waals surface area contributed by atoms with Gasteiger partial charge in [0.2, 0.25) is 10.0 Å². The molecular formula is C13H17N3O4S. The van der Waals surface area contributed by atoms with Crippen molar-refractivity contribution < 1.29 is 12.8 Å². The molecule has 2 N–H and O–H groups in total. The number of hydrogen-bond donors (Lipinski definition) is 2. The first-order chi connectivity index (χ1) is 9.97. The number of hydrogen-bond acceptors (Lipinski definition) is 5. The minimum Gasteiger partial charge on any atom is -0.408 e. The van der Waals surface area contributed by atoms with Gasteiger partial charge in [0.1, 0.15) is 0 Å². The summed E-state index contributed by atoms with van der Waals surface area (Å²) in [4.78, 5) is 11.5. The van der Waals surface area contributed by atoms with Crippen molar-refractivity contribution in [2.24, 2.45) is 13.0 Å². The van der Waals surface area contributed by atoms with Gasteiger partial charge in [-0.2, -0.15) is 0 Å². The number of fused-ring (bicyclic) bond motifs is 1. The maximum absolute atomic E-state index is 12.3. The number of aromatic nitrogens is 1. The van der Waals surface area contributed by atoms with Crippen LogP contribution in [0.15, 0.2) is 32.3 Å². The summed E-state index contributed by atoms with van der Waals surface area (Å²) in [5.41, 5.74) is 0.840. The molecule has 114 valence electrons. The zero-order valence-electron chi connectivity index (χ0n) is 11.6. The van der Waals surface area contributed by atoms with Crippen LogP contribution in [0.3, 0.4) is 0 Å². The van der Waals surface area contributed by atoms with E-state index in [9.17, 15) is 13.2 Å². The molecule has 1 aliphatic heterocycles. The summed E-state index contributed by atoms with van der Waals surface area (Å²) in [6.07, 6.45) is 0.967. The number of nitrogens with one attached hydrogen (secondary N) is 2. The standard InChI is InChI=1S/C13H17N3O4S/c1-16-11-3-2-10(6-12(11)20-13(16)17)21(18,19)15-8-9-4-5-14-7-9/h2-3,6,9,14-15H,4-5,7-8H2,1H3. The largest absolute Gasteiger partial charge is 0.419 e. The Hall–Kier alpha value is -1.64. The van der Waals surface area contributed by atoms with Crippen molar-refractivity contribution >= 4 is 21.1 Å². The third-order valence-electron chi connectivity index (χ3n) is 3.80. The Morgan fingerprint density at radius 3 is 3.00 bits per heavy atom. The minimum absolute atomic E-state index is 0.107. The molecule has 2 aromatic rings. The number of rotatable bonds is 4. The van der Waals surface area contributed by atoms with Crippen LogP contribution in [0, 0.1) is 5.92 Å². The molecule has 0 bridgehead atoms. The Kier molecular flexibility index (Phi) is 3.60. The predicted molar refractivity (Wildman–Crippen MR) is 77.6 cm³/mol. The number of sulfonamides is 1. The second kappa shape index (κ2) is 5.28. The third-order valence-corrected chi connectivity index (χ3v) is 5.22. The predicted octanol–water partition coefficient (Wildman–Crippen LogP) is 0.0193. The van der Waals surface area contributed by atoms with Crippen molar-refractivity contribution in [2.45, 2.75) is 11.3 Å². The molecule has 1 aliphatic rings. The van der Waals surface area contributed by atoms with Crippen LogP contribution in [0.25, 0.3) is 11.1 Å². The van der Waals surface area contributed by atoms with Gasteiger partial charge in [-0.25, -0.2) is 17.9 Å². The van der Waals surface area contributed by atoms with Gasteiger partial charge in [-0.05, 0) is 37.6 Å². The molecule has 1 atom stereocenters. The van der Waals surface area contributed by atoms with Crippen LogP contribution in [-0.4, -0.2) is 32.6 Å². The quantitative estimate of drug-likeness (QED) is 0.830. The molecule has 1 fully saturated rings. The zero-order valence-corrected chi connectivity index (χ0v) is 12.4. The van der Waals surface area contributed by atoms with E-state index in [1.807, 2.05) is 0 Å². The lowest BCUT2D eigenvalue weighted by molar-refractivity contribution is 0.526. The first-order valence-electron chi connectivity index (χ1n) is 6.77. The van der Waals surface area contributed by atoms with Gasteiger partial charge in [0.15, 0.2) is 5.58 Å². The smallest absolute Gasteiger partial charge is 0.408 e. The van der Waals surface area contributed by atoms with E-state index in [2.05, 4.69) is 10.0 Å². The third kappa shape index (κ3) is 2.74. The Morgan fingerprint density at radius 2 is 2.29 bits per heavy atom. The van der Waals surface area contributed by atoms with Crippen LogP contribution < -0.4 is 15.8 Å². The van der Waals surface area contributed by atoms with E-state index in [4.69, 9.17) is 4.42 Å². The molecule has 8 heteroatoms. The van der Waals surface area contributed by atoms with E-state index in [0.29, 0.717) is 18.0 Å². The molecule has 1 aromatic carbocycles. The van der Waals surface area contributed by atoms with E-state index >= 15 is 0 Å². The zero-order chi connectivity index (χ0) is 15.0. The average molecular weight is 311 g/mol. The van der Waals surface area contributed by atoms with Crippen molar-refractivity contribution in [3.8, 4) is 0 Å². The summed E-state index contributed by atoms with van der Waals surface area (Å²) < 4.78 is 33.5. The van der Waals surface area contributed by atoms with Crippen LogP contribution >= 0.6 is 0 Å². The molecular weight excluding hydrogens is 294 g/mol. The highest BCUT2D eigenvalue weighted by Gasteiger charge is 2.20. The highest BCUT2D eigenvalue weighted by atomic mass is 32.2. The topological polar surface area (TPSA) is 93.3 Å². The van der Waals surface area contributed by atoms with Crippen LogP contribution in [0.2, 0.25) is 0 Å². The van der Waals surface area contributed by atoms with Crippen molar-refractivity contribution in [1.82, 2.24) is 14.6 Å². The van der Waals surface area contributed by atoms with Gasteiger partial charge < -0.3 is 9.73 Å². The first kappa shape index (κ1) is 14.3. The van der Waals surface area contributed by atoms with Gasteiger partial charge in [0, 0.05) is 19.7 Å². The summed E-state index contributed by atoms with van der Waals surface area (Å²) in [5, 5.41) is 3.19. The number of aryl methyl sites for hydroxylation is 1. The molecule has 0 amide bonds. The van der Waals surface area contributed by atoms with Crippen molar-refractivity contribution in [1.29, 1.82) is 0 Å².